The van der Waals surface area contributed by atoms with Crippen LogP contribution in [0.2, 0.25) is 0 Å². The van der Waals surface area contributed by atoms with Crippen molar-refractivity contribution >= 4 is 11.4 Å². The van der Waals surface area contributed by atoms with Crippen molar-refractivity contribution in [1.29, 1.82) is 0 Å². The van der Waals surface area contributed by atoms with E-state index >= 15 is 0 Å². The zero-order valence-electron chi connectivity index (χ0n) is 8.81. The standard InChI is InChI=1S/C11H18N2/c1-11(2,3)8-5-6-10(13-4)9(12)7-8/h5-7,13H,12H2,1-4H3. The van der Waals surface area contributed by atoms with Gasteiger partial charge in [-0.3, -0.25) is 0 Å². The van der Waals surface area contributed by atoms with Gasteiger partial charge in [-0.1, -0.05) is 26.8 Å². The molecule has 0 fully saturated rings. The first-order valence-electron chi connectivity index (χ1n) is 4.53. The van der Waals surface area contributed by atoms with Crippen molar-refractivity contribution < 1.29 is 0 Å². The van der Waals surface area contributed by atoms with Gasteiger partial charge in [-0.05, 0) is 23.1 Å². The van der Waals surface area contributed by atoms with E-state index < -0.39 is 0 Å². The van der Waals surface area contributed by atoms with Gasteiger partial charge in [0.1, 0.15) is 0 Å². The summed E-state index contributed by atoms with van der Waals surface area (Å²) in [5.41, 5.74) is 9.11. The summed E-state index contributed by atoms with van der Waals surface area (Å²) in [6.07, 6.45) is 0. The monoisotopic (exact) mass is 178 g/mol. The highest BCUT2D eigenvalue weighted by molar-refractivity contribution is 5.67. The van der Waals surface area contributed by atoms with Crippen LogP contribution in [-0.4, -0.2) is 7.05 Å². The molecule has 2 heteroatoms. The molecule has 1 rings (SSSR count). The van der Waals surface area contributed by atoms with E-state index in [9.17, 15) is 0 Å². The van der Waals surface area contributed by atoms with Crippen LogP contribution in [-0.2, 0) is 5.41 Å². The Morgan fingerprint density at radius 3 is 2.23 bits per heavy atom. The predicted octanol–water partition coefficient (Wildman–Crippen LogP) is 2.61. The first kappa shape index (κ1) is 9.90. The van der Waals surface area contributed by atoms with E-state index in [4.69, 9.17) is 5.73 Å². The van der Waals surface area contributed by atoms with Crippen molar-refractivity contribution in [2.45, 2.75) is 26.2 Å². The van der Waals surface area contributed by atoms with Crippen LogP contribution in [0.4, 0.5) is 11.4 Å². The van der Waals surface area contributed by atoms with Crippen LogP contribution >= 0.6 is 0 Å². The lowest BCUT2D eigenvalue weighted by atomic mass is 9.87. The van der Waals surface area contributed by atoms with Crippen LogP contribution in [0, 0.1) is 0 Å². The van der Waals surface area contributed by atoms with Gasteiger partial charge in [0.25, 0.3) is 0 Å². The van der Waals surface area contributed by atoms with E-state index in [0.29, 0.717) is 0 Å². The summed E-state index contributed by atoms with van der Waals surface area (Å²) in [6.45, 7) is 6.54. The third-order valence-electron chi connectivity index (χ3n) is 2.19. The molecule has 0 radical (unpaired) electrons. The van der Waals surface area contributed by atoms with Crippen LogP contribution in [0.1, 0.15) is 26.3 Å². The van der Waals surface area contributed by atoms with E-state index in [-0.39, 0.29) is 5.41 Å². The summed E-state index contributed by atoms with van der Waals surface area (Å²) in [5.74, 6) is 0. The Morgan fingerprint density at radius 1 is 1.23 bits per heavy atom. The molecule has 0 unspecified atom stereocenters. The maximum atomic E-state index is 5.87. The lowest BCUT2D eigenvalue weighted by Gasteiger charge is -2.20. The number of hydrogen-bond acceptors (Lipinski definition) is 2. The number of hydrogen-bond donors (Lipinski definition) is 2. The molecule has 72 valence electrons. The lowest BCUT2D eigenvalue weighted by molar-refractivity contribution is 0.590. The summed E-state index contributed by atoms with van der Waals surface area (Å²) in [4.78, 5) is 0. The SMILES string of the molecule is CNc1ccc(C(C)(C)C)cc1N. The van der Waals surface area contributed by atoms with Gasteiger partial charge in [-0.15, -0.1) is 0 Å². The number of benzene rings is 1. The fraction of sp³-hybridized carbons (Fsp3) is 0.455. The zero-order chi connectivity index (χ0) is 10.1. The lowest BCUT2D eigenvalue weighted by Crippen LogP contribution is -2.11. The molecule has 0 saturated heterocycles. The Bertz CT molecular complexity index is 297. The minimum absolute atomic E-state index is 0.167. The van der Waals surface area contributed by atoms with Gasteiger partial charge in [-0.2, -0.15) is 0 Å². The summed E-state index contributed by atoms with van der Waals surface area (Å²) in [6, 6.07) is 6.17. The fourth-order valence-corrected chi connectivity index (χ4v) is 1.26. The third-order valence-corrected chi connectivity index (χ3v) is 2.19. The van der Waals surface area contributed by atoms with Gasteiger partial charge in [0.2, 0.25) is 0 Å². The van der Waals surface area contributed by atoms with Crippen molar-refractivity contribution in [2.24, 2.45) is 0 Å². The fourth-order valence-electron chi connectivity index (χ4n) is 1.26. The summed E-state index contributed by atoms with van der Waals surface area (Å²) in [7, 11) is 1.88. The molecule has 0 heterocycles. The minimum atomic E-state index is 0.167. The molecule has 1 aromatic carbocycles. The first-order valence-corrected chi connectivity index (χ1v) is 4.53. The van der Waals surface area contributed by atoms with Crippen LogP contribution < -0.4 is 11.1 Å². The molecule has 13 heavy (non-hydrogen) atoms. The Morgan fingerprint density at radius 2 is 1.85 bits per heavy atom. The molecule has 0 amide bonds. The molecule has 2 nitrogen and oxygen atoms in total. The van der Waals surface area contributed by atoms with Crippen molar-refractivity contribution in [3.8, 4) is 0 Å². The van der Waals surface area contributed by atoms with E-state index in [0.717, 1.165) is 11.4 Å². The first-order chi connectivity index (χ1) is 5.95. The second-order valence-electron chi connectivity index (χ2n) is 4.30. The minimum Gasteiger partial charge on any atom is -0.397 e. The van der Waals surface area contributed by atoms with Gasteiger partial charge in [0.05, 0.1) is 11.4 Å². The van der Waals surface area contributed by atoms with E-state index in [2.05, 4.69) is 32.2 Å². The van der Waals surface area contributed by atoms with Crippen molar-refractivity contribution in [1.82, 2.24) is 0 Å². The quantitative estimate of drug-likeness (QED) is 0.649. The Hall–Kier alpha value is -1.18. The average molecular weight is 178 g/mol. The molecule has 0 spiro atoms. The van der Waals surface area contributed by atoms with Gasteiger partial charge in [0.15, 0.2) is 0 Å². The van der Waals surface area contributed by atoms with E-state index in [1.165, 1.54) is 5.56 Å². The molecule has 0 bridgehead atoms. The van der Waals surface area contributed by atoms with Crippen molar-refractivity contribution in [2.75, 3.05) is 18.1 Å². The van der Waals surface area contributed by atoms with E-state index in [1.54, 1.807) is 0 Å². The number of nitrogen functional groups attached to an aromatic ring is 1. The maximum absolute atomic E-state index is 5.87. The summed E-state index contributed by atoms with van der Waals surface area (Å²) >= 11 is 0. The van der Waals surface area contributed by atoms with Gasteiger partial charge in [-0.25, -0.2) is 0 Å². The molecular formula is C11H18N2. The predicted molar refractivity (Wildman–Crippen MR) is 59.1 cm³/mol. The molecule has 3 N–H and O–H groups in total. The van der Waals surface area contributed by atoms with Crippen LogP contribution in [0.3, 0.4) is 0 Å². The number of anilines is 2. The molecule has 0 aliphatic heterocycles. The average Bonchev–Trinajstić information content (AvgIpc) is 2.02. The molecular weight excluding hydrogens is 160 g/mol. The summed E-state index contributed by atoms with van der Waals surface area (Å²) < 4.78 is 0. The highest BCUT2D eigenvalue weighted by Gasteiger charge is 2.14. The topological polar surface area (TPSA) is 38.0 Å². The third kappa shape index (κ3) is 2.14. The second kappa shape index (κ2) is 3.29. The van der Waals surface area contributed by atoms with Crippen LogP contribution in [0.5, 0.6) is 0 Å². The normalized spacial score (nSPS) is 11.4. The van der Waals surface area contributed by atoms with Gasteiger partial charge in [0, 0.05) is 7.05 Å². The number of nitrogens with one attached hydrogen (secondary N) is 1. The Balaban J connectivity index is 3.10. The Kier molecular flexibility index (Phi) is 2.50. The smallest absolute Gasteiger partial charge is 0.0571 e. The van der Waals surface area contributed by atoms with Crippen molar-refractivity contribution in [3.05, 3.63) is 23.8 Å². The highest BCUT2D eigenvalue weighted by Crippen LogP contribution is 2.27. The van der Waals surface area contributed by atoms with Crippen LogP contribution in [0.25, 0.3) is 0 Å². The summed E-state index contributed by atoms with van der Waals surface area (Å²) in [5, 5.41) is 3.05. The second-order valence-corrected chi connectivity index (χ2v) is 4.30. The Labute approximate surface area is 80.1 Å². The van der Waals surface area contributed by atoms with E-state index in [1.807, 2.05) is 19.2 Å². The number of rotatable bonds is 1. The van der Waals surface area contributed by atoms with Gasteiger partial charge >= 0.3 is 0 Å². The largest absolute Gasteiger partial charge is 0.397 e. The molecule has 0 aliphatic carbocycles. The maximum Gasteiger partial charge on any atom is 0.0571 e. The molecule has 0 saturated carbocycles. The molecule has 0 atom stereocenters. The molecule has 0 aromatic heterocycles. The number of nitrogens with two attached hydrogens (primary N) is 1. The van der Waals surface area contributed by atoms with Crippen LogP contribution in [0.15, 0.2) is 18.2 Å². The highest BCUT2D eigenvalue weighted by atomic mass is 14.8. The van der Waals surface area contributed by atoms with Gasteiger partial charge < -0.3 is 11.1 Å². The van der Waals surface area contributed by atoms with Crippen molar-refractivity contribution in [3.63, 3.8) is 0 Å². The molecule has 1 aromatic rings. The zero-order valence-corrected chi connectivity index (χ0v) is 8.81. The molecule has 0 aliphatic rings.